The molecule has 0 spiro atoms. The van der Waals surface area contributed by atoms with Crippen molar-refractivity contribution in [2.75, 3.05) is 13.1 Å². The fraction of sp³-hybridized carbons (Fsp3) is 0.538. The van der Waals surface area contributed by atoms with Gasteiger partial charge in [0.2, 0.25) is 0 Å². The Hall–Kier alpha value is -1.50. The molecule has 0 saturated carbocycles. The van der Waals surface area contributed by atoms with Crippen molar-refractivity contribution in [2.24, 2.45) is 0 Å². The molecule has 0 amide bonds. The molecule has 0 aromatic carbocycles. The number of fused-ring (bicyclic) bond motifs is 1. The molecule has 2 unspecified atom stereocenters. The molecule has 1 aliphatic rings. The van der Waals surface area contributed by atoms with E-state index in [-0.39, 0.29) is 5.56 Å². The molecule has 2 rings (SSSR count). The summed E-state index contributed by atoms with van der Waals surface area (Å²) >= 11 is 0. The van der Waals surface area contributed by atoms with Crippen LogP contribution in [0.15, 0.2) is 17.2 Å². The summed E-state index contributed by atoms with van der Waals surface area (Å²) < 4.78 is 0. The van der Waals surface area contributed by atoms with Crippen LogP contribution in [0.1, 0.15) is 24.6 Å². The Morgan fingerprint density at radius 2 is 2.26 bits per heavy atom. The van der Waals surface area contributed by atoms with Crippen LogP contribution in [-0.2, 0) is 6.42 Å². The zero-order valence-corrected chi connectivity index (χ0v) is 10.9. The summed E-state index contributed by atoms with van der Waals surface area (Å²) in [5, 5.41) is 22.2. The lowest BCUT2D eigenvalue weighted by Gasteiger charge is -2.16. The topological polar surface area (TPSA) is 98.2 Å². The lowest BCUT2D eigenvalue weighted by molar-refractivity contribution is 0.0189. The molecule has 104 valence electrons. The first-order valence-electron chi connectivity index (χ1n) is 6.46. The van der Waals surface area contributed by atoms with Gasteiger partial charge < -0.3 is 20.5 Å². The van der Waals surface area contributed by atoms with E-state index in [0.29, 0.717) is 31.5 Å². The van der Waals surface area contributed by atoms with Crippen LogP contribution in [0.5, 0.6) is 0 Å². The van der Waals surface area contributed by atoms with Gasteiger partial charge in [-0.1, -0.05) is 13.0 Å². The van der Waals surface area contributed by atoms with E-state index in [4.69, 9.17) is 0 Å². The van der Waals surface area contributed by atoms with E-state index in [1.165, 1.54) is 6.33 Å². The molecular formula is C13H19N3O3. The van der Waals surface area contributed by atoms with Gasteiger partial charge in [0.05, 0.1) is 24.2 Å². The molecule has 6 heteroatoms. The van der Waals surface area contributed by atoms with Crippen LogP contribution in [0.4, 0.5) is 0 Å². The summed E-state index contributed by atoms with van der Waals surface area (Å²) in [6.07, 6.45) is 2.98. The standard InChI is InChI=1S/C13H19N3O3/c1-2-10(17)11(18)6-14-5-8-3-4-9-12(8)15-7-16-13(9)19/h3,7,10-11,14,17-18H,2,4-6H2,1H3,(H,15,16,19). The smallest absolute Gasteiger partial charge is 0.254 e. The second-order valence-corrected chi connectivity index (χ2v) is 4.67. The van der Waals surface area contributed by atoms with Crippen molar-refractivity contribution in [3.05, 3.63) is 34.0 Å². The highest BCUT2D eigenvalue weighted by Crippen LogP contribution is 2.21. The largest absolute Gasteiger partial charge is 0.390 e. The van der Waals surface area contributed by atoms with Crippen LogP contribution in [0.2, 0.25) is 0 Å². The van der Waals surface area contributed by atoms with Gasteiger partial charge in [0, 0.05) is 18.7 Å². The van der Waals surface area contributed by atoms with Gasteiger partial charge in [-0.3, -0.25) is 4.79 Å². The van der Waals surface area contributed by atoms with Crippen molar-refractivity contribution in [1.82, 2.24) is 15.3 Å². The lowest BCUT2D eigenvalue weighted by atomic mass is 10.1. The minimum atomic E-state index is -0.779. The highest BCUT2D eigenvalue weighted by Gasteiger charge is 2.19. The predicted molar refractivity (Wildman–Crippen MR) is 71.7 cm³/mol. The van der Waals surface area contributed by atoms with Crippen molar-refractivity contribution < 1.29 is 10.2 Å². The SMILES string of the molecule is CCC(O)C(O)CNCC1=CCc2c1nc[nH]c2=O. The molecular weight excluding hydrogens is 246 g/mol. The number of allylic oxidation sites excluding steroid dienone is 1. The molecule has 19 heavy (non-hydrogen) atoms. The summed E-state index contributed by atoms with van der Waals surface area (Å²) in [7, 11) is 0. The van der Waals surface area contributed by atoms with E-state index in [9.17, 15) is 15.0 Å². The van der Waals surface area contributed by atoms with Crippen molar-refractivity contribution in [1.29, 1.82) is 0 Å². The summed E-state index contributed by atoms with van der Waals surface area (Å²) in [5.74, 6) is 0. The van der Waals surface area contributed by atoms with Crippen LogP contribution in [0.25, 0.3) is 5.57 Å². The third kappa shape index (κ3) is 3.09. The maximum atomic E-state index is 11.5. The first-order valence-corrected chi connectivity index (χ1v) is 6.46. The molecule has 4 N–H and O–H groups in total. The van der Waals surface area contributed by atoms with E-state index >= 15 is 0 Å². The fourth-order valence-corrected chi connectivity index (χ4v) is 2.13. The predicted octanol–water partition coefficient (Wildman–Crippen LogP) is -0.569. The number of nitrogens with zero attached hydrogens (tertiary/aromatic N) is 1. The molecule has 0 aliphatic heterocycles. The molecule has 0 fully saturated rings. The fourth-order valence-electron chi connectivity index (χ4n) is 2.13. The van der Waals surface area contributed by atoms with Crippen LogP contribution < -0.4 is 10.9 Å². The second kappa shape index (κ2) is 6.10. The van der Waals surface area contributed by atoms with Gasteiger partial charge in [-0.25, -0.2) is 4.98 Å². The monoisotopic (exact) mass is 265 g/mol. The summed E-state index contributed by atoms with van der Waals surface area (Å²) in [6, 6.07) is 0. The first kappa shape index (κ1) is 13.9. The summed E-state index contributed by atoms with van der Waals surface area (Å²) in [5.41, 5.74) is 2.27. The van der Waals surface area contributed by atoms with Crippen LogP contribution in [0.3, 0.4) is 0 Å². The van der Waals surface area contributed by atoms with Gasteiger partial charge in [-0.05, 0) is 18.4 Å². The molecule has 1 aliphatic carbocycles. The Labute approximate surface area is 111 Å². The summed E-state index contributed by atoms with van der Waals surface area (Å²) in [6.45, 7) is 2.65. The van der Waals surface area contributed by atoms with E-state index in [1.807, 2.05) is 13.0 Å². The molecule has 1 aromatic rings. The van der Waals surface area contributed by atoms with E-state index in [1.54, 1.807) is 0 Å². The van der Waals surface area contributed by atoms with Crippen LogP contribution in [0, 0.1) is 0 Å². The Balaban J connectivity index is 1.90. The molecule has 0 radical (unpaired) electrons. The van der Waals surface area contributed by atoms with Gasteiger partial charge in [0.15, 0.2) is 0 Å². The number of hydrogen-bond donors (Lipinski definition) is 4. The lowest BCUT2D eigenvalue weighted by Crippen LogP contribution is -2.36. The second-order valence-electron chi connectivity index (χ2n) is 4.67. The number of aromatic amines is 1. The van der Waals surface area contributed by atoms with Crippen molar-refractivity contribution >= 4 is 5.57 Å². The number of aliphatic hydroxyl groups excluding tert-OH is 2. The Bertz CT molecular complexity index is 524. The number of hydrogen-bond acceptors (Lipinski definition) is 5. The Morgan fingerprint density at radius 1 is 1.47 bits per heavy atom. The zero-order valence-electron chi connectivity index (χ0n) is 10.9. The number of rotatable bonds is 6. The molecule has 0 saturated heterocycles. The maximum absolute atomic E-state index is 11.5. The van der Waals surface area contributed by atoms with E-state index < -0.39 is 12.2 Å². The minimum absolute atomic E-state index is 0.0994. The van der Waals surface area contributed by atoms with Gasteiger partial charge in [0.1, 0.15) is 0 Å². The van der Waals surface area contributed by atoms with Gasteiger partial charge in [-0.2, -0.15) is 0 Å². The number of aromatic nitrogens is 2. The zero-order chi connectivity index (χ0) is 13.8. The third-order valence-electron chi connectivity index (χ3n) is 3.34. The van der Waals surface area contributed by atoms with Gasteiger partial charge >= 0.3 is 0 Å². The Morgan fingerprint density at radius 3 is 3.00 bits per heavy atom. The van der Waals surface area contributed by atoms with Gasteiger partial charge in [-0.15, -0.1) is 0 Å². The van der Waals surface area contributed by atoms with Gasteiger partial charge in [0.25, 0.3) is 5.56 Å². The first-order chi connectivity index (χ1) is 9.13. The van der Waals surface area contributed by atoms with Crippen LogP contribution >= 0.6 is 0 Å². The molecule has 1 heterocycles. The Kier molecular flexibility index (Phi) is 4.47. The number of nitrogens with one attached hydrogen (secondary N) is 2. The molecule has 6 nitrogen and oxygen atoms in total. The average molecular weight is 265 g/mol. The quantitative estimate of drug-likeness (QED) is 0.552. The van der Waals surface area contributed by atoms with Crippen molar-refractivity contribution in [3.63, 3.8) is 0 Å². The minimum Gasteiger partial charge on any atom is -0.390 e. The van der Waals surface area contributed by atoms with Crippen molar-refractivity contribution in [2.45, 2.75) is 32.0 Å². The molecule has 1 aromatic heterocycles. The average Bonchev–Trinajstić information content (AvgIpc) is 2.82. The van der Waals surface area contributed by atoms with E-state index in [2.05, 4.69) is 15.3 Å². The maximum Gasteiger partial charge on any atom is 0.254 e. The highest BCUT2D eigenvalue weighted by molar-refractivity contribution is 5.70. The number of aliphatic hydroxyl groups is 2. The normalized spacial score (nSPS) is 16.9. The summed E-state index contributed by atoms with van der Waals surface area (Å²) in [4.78, 5) is 18.3. The van der Waals surface area contributed by atoms with E-state index in [0.717, 1.165) is 11.3 Å². The number of H-pyrrole nitrogens is 1. The molecule has 2 atom stereocenters. The highest BCUT2D eigenvalue weighted by atomic mass is 16.3. The van der Waals surface area contributed by atoms with Crippen molar-refractivity contribution in [3.8, 4) is 0 Å². The molecule has 0 bridgehead atoms. The van der Waals surface area contributed by atoms with Crippen LogP contribution in [-0.4, -0.2) is 45.5 Å². The third-order valence-corrected chi connectivity index (χ3v) is 3.34.